The van der Waals surface area contributed by atoms with Crippen molar-refractivity contribution in [3.8, 4) is 0 Å². The Morgan fingerprint density at radius 3 is 2.00 bits per heavy atom. The first kappa shape index (κ1) is 29.2. The molecular weight excluding hydrogens is 489 g/mol. The van der Waals surface area contributed by atoms with Crippen LogP contribution in [-0.2, 0) is 21.2 Å². The molecule has 2 rings (SSSR count). The molecule has 0 aliphatic carbocycles. The third-order valence-corrected chi connectivity index (χ3v) is 6.33. The average molecular weight is 520 g/mol. The number of sulfonamides is 1. The number of nitrogens with two attached hydrogens (primary N) is 1. The van der Waals surface area contributed by atoms with Crippen molar-refractivity contribution in [2.45, 2.75) is 24.3 Å². The predicted molar refractivity (Wildman–Crippen MR) is 133 cm³/mol. The highest BCUT2D eigenvalue weighted by molar-refractivity contribution is 7.89. The maximum absolute atomic E-state index is 12.5. The molecule has 2 aromatic rings. The molecule has 1 atom stereocenters. The van der Waals surface area contributed by atoms with Crippen molar-refractivity contribution in [1.82, 2.24) is 4.72 Å². The number of benzene rings is 2. The number of hydrogen-bond donors (Lipinski definition) is 4. The summed E-state index contributed by atoms with van der Waals surface area (Å²) in [7, 11) is -3.95. The molecule has 8 nitrogen and oxygen atoms in total. The van der Waals surface area contributed by atoms with Crippen LogP contribution in [0.25, 0.3) is 0 Å². The minimum Gasteiger partial charge on any atom is -0.480 e. The van der Waals surface area contributed by atoms with Crippen molar-refractivity contribution in [3.63, 3.8) is 0 Å². The molecule has 0 radical (unpaired) electrons. The molecule has 0 aromatic heterocycles. The zero-order valence-corrected chi connectivity index (χ0v) is 20.8. The fourth-order valence-electron chi connectivity index (χ4n) is 2.80. The topological polar surface area (TPSA) is 133 Å². The Morgan fingerprint density at radius 2 is 1.58 bits per heavy atom. The van der Waals surface area contributed by atoms with Crippen LogP contribution in [0.15, 0.2) is 53.4 Å². The van der Waals surface area contributed by atoms with Gasteiger partial charge < -0.3 is 20.8 Å². The fourth-order valence-corrected chi connectivity index (χ4v) is 4.40. The lowest BCUT2D eigenvalue weighted by Gasteiger charge is -2.23. The van der Waals surface area contributed by atoms with Gasteiger partial charge >= 0.3 is 5.97 Å². The number of carbonyl (C=O) groups is 1. The van der Waals surface area contributed by atoms with Crippen LogP contribution in [-0.4, -0.2) is 68.6 Å². The van der Waals surface area contributed by atoms with Crippen molar-refractivity contribution in [2.75, 3.05) is 42.9 Å². The second-order valence-electron chi connectivity index (χ2n) is 7.07. The van der Waals surface area contributed by atoms with Crippen molar-refractivity contribution in [1.29, 1.82) is 0 Å². The normalized spacial score (nSPS) is 11.9. The summed E-state index contributed by atoms with van der Waals surface area (Å²) in [6.07, 6.45) is 0.0196. The standard InChI is InChI=1S/C20H24Cl2N2O4S.C2H7NO/c1-15-2-8-18(9-3-15)29(27,28)23-19(20(25)26)14-16-4-6-17(7-5-16)24(12-10-21)13-11-22;3-1-2-4/h2-9,19,23H,10-14H2,1H3,(H,25,26);4H,1-3H2. The van der Waals surface area contributed by atoms with Gasteiger partial charge in [0.2, 0.25) is 10.0 Å². The van der Waals surface area contributed by atoms with E-state index in [0.29, 0.717) is 37.0 Å². The van der Waals surface area contributed by atoms with Gasteiger partial charge in [-0.1, -0.05) is 29.8 Å². The minimum absolute atomic E-state index is 0.0196. The molecule has 0 aliphatic rings. The van der Waals surface area contributed by atoms with Gasteiger partial charge in [0.1, 0.15) is 6.04 Å². The van der Waals surface area contributed by atoms with Gasteiger partial charge in [-0.05, 0) is 43.2 Å². The Balaban J connectivity index is 0.00000125. The molecule has 0 saturated heterocycles. The van der Waals surface area contributed by atoms with Crippen LogP contribution in [0.2, 0.25) is 0 Å². The van der Waals surface area contributed by atoms with Crippen molar-refractivity contribution >= 4 is 44.9 Å². The second-order valence-corrected chi connectivity index (χ2v) is 9.54. The number of nitrogens with zero attached hydrogens (tertiary/aromatic N) is 1. The number of hydrogen-bond acceptors (Lipinski definition) is 6. The molecule has 11 heteroatoms. The first-order valence-corrected chi connectivity index (χ1v) is 12.8. The number of rotatable bonds is 12. The summed E-state index contributed by atoms with van der Waals surface area (Å²) in [6, 6.07) is 12.2. The number of carboxylic acid groups (broad SMARTS) is 1. The smallest absolute Gasteiger partial charge is 0.322 e. The van der Waals surface area contributed by atoms with Crippen molar-refractivity contribution in [2.24, 2.45) is 5.73 Å². The largest absolute Gasteiger partial charge is 0.480 e. The molecule has 0 bridgehead atoms. The molecule has 1 unspecified atom stereocenters. The molecule has 0 spiro atoms. The summed E-state index contributed by atoms with van der Waals surface area (Å²) >= 11 is 11.6. The molecule has 33 heavy (non-hydrogen) atoms. The molecule has 5 N–H and O–H groups in total. The van der Waals surface area contributed by atoms with E-state index in [-0.39, 0.29) is 17.9 Å². The van der Waals surface area contributed by atoms with Gasteiger partial charge in [-0.25, -0.2) is 8.42 Å². The summed E-state index contributed by atoms with van der Waals surface area (Å²) in [5.41, 5.74) is 7.31. The van der Waals surface area contributed by atoms with Gasteiger partial charge in [0.25, 0.3) is 0 Å². The maximum Gasteiger partial charge on any atom is 0.322 e. The van der Waals surface area contributed by atoms with E-state index in [4.69, 9.17) is 34.0 Å². The molecule has 0 fully saturated rings. The summed E-state index contributed by atoms with van der Waals surface area (Å²) in [5, 5.41) is 17.3. The zero-order valence-electron chi connectivity index (χ0n) is 18.5. The second kappa shape index (κ2) is 15.1. The number of aryl methyl sites for hydroxylation is 1. The Morgan fingerprint density at radius 1 is 1.06 bits per heavy atom. The van der Waals surface area contributed by atoms with Gasteiger partial charge in [0.05, 0.1) is 11.5 Å². The number of aliphatic carboxylic acids is 1. The van der Waals surface area contributed by atoms with E-state index >= 15 is 0 Å². The third kappa shape index (κ3) is 10.3. The highest BCUT2D eigenvalue weighted by atomic mass is 35.5. The SMILES string of the molecule is Cc1ccc(S(=O)(=O)NC(Cc2ccc(N(CCCl)CCCl)cc2)C(=O)O)cc1.NCCO. The van der Waals surface area contributed by atoms with E-state index in [1.165, 1.54) is 12.1 Å². The summed E-state index contributed by atoms with van der Waals surface area (Å²) in [5.74, 6) is -0.322. The Labute approximate surface area is 205 Å². The van der Waals surface area contributed by atoms with Crippen molar-refractivity contribution < 1.29 is 23.4 Å². The molecule has 184 valence electrons. The van der Waals surface area contributed by atoms with Crippen LogP contribution in [0.3, 0.4) is 0 Å². The van der Waals surface area contributed by atoms with E-state index in [0.717, 1.165) is 11.3 Å². The molecule has 0 amide bonds. The van der Waals surface area contributed by atoms with E-state index in [1.807, 2.05) is 24.0 Å². The third-order valence-electron chi connectivity index (χ3n) is 4.51. The number of nitrogens with one attached hydrogen (secondary N) is 1. The number of carboxylic acids is 1. The van der Waals surface area contributed by atoms with Crippen LogP contribution in [0.5, 0.6) is 0 Å². The number of halogens is 2. The lowest BCUT2D eigenvalue weighted by atomic mass is 10.1. The number of aliphatic hydroxyl groups is 1. The average Bonchev–Trinajstić information content (AvgIpc) is 2.79. The maximum atomic E-state index is 12.5. The quantitative estimate of drug-likeness (QED) is 0.316. The first-order chi connectivity index (χ1) is 15.7. The molecule has 0 aliphatic heterocycles. The lowest BCUT2D eigenvalue weighted by molar-refractivity contribution is -0.138. The monoisotopic (exact) mass is 519 g/mol. The van der Waals surface area contributed by atoms with Crippen molar-refractivity contribution in [3.05, 3.63) is 59.7 Å². The van der Waals surface area contributed by atoms with Gasteiger partial charge in [0.15, 0.2) is 0 Å². The van der Waals surface area contributed by atoms with E-state index in [2.05, 4.69) is 4.72 Å². The Bertz CT molecular complexity index is 934. The molecule has 2 aromatic carbocycles. The number of alkyl halides is 2. The first-order valence-electron chi connectivity index (χ1n) is 10.3. The predicted octanol–water partition coefficient (Wildman–Crippen LogP) is 2.19. The fraction of sp³-hybridized carbons (Fsp3) is 0.409. The molecule has 0 heterocycles. The Kier molecular flexibility index (Phi) is 13.3. The highest BCUT2D eigenvalue weighted by Crippen LogP contribution is 2.18. The van der Waals surface area contributed by atoms with Crippen LogP contribution >= 0.6 is 23.2 Å². The summed E-state index contributed by atoms with van der Waals surface area (Å²) < 4.78 is 27.3. The van der Waals surface area contributed by atoms with E-state index in [1.54, 1.807) is 24.3 Å². The van der Waals surface area contributed by atoms with Gasteiger partial charge in [-0.3, -0.25) is 4.79 Å². The number of aliphatic hydroxyl groups excluding tert-OH is 1. The van der Waals surface area contributed by atoms with E-state index in [9.17, 15) is 18.3 Å². The van der Waals surface area contributed by atoms with Crippen LogP contribution in [0.1, 0.15) is 11.1 Å². The minimum atomic E-state index is -3.95. The van der Waals surface area contributed by atoms with Crippen LogP contribution < -0.4 is 15.4 Å². The van der Waals surface area contributed by atoms with Gasteiger partial charge in [0, 0.05) is 37.1 Å². The molecular formula is C22H31Cl2N3O5S. The van der Waals surface area contributed by atoms with Crippen LogP contribution in [0.4, 0.5) is 5.69 Å². The van der Waals surface area contributed by atoms with E-state index < -0.39 is 22.0 Å². The van der Waals surface area contributed by atoms with Gasteiger partial charge in [-0.2, -0.15) is 4.72 Å². The number of anilines is 1. The van der Waals surface area contributed by atoms with Crippen LogP contribution in [0, 0.1) is 6.92 Å². The molecule has 0 saturated carbocycles. The highest BCUT2D eigenvalue weighted by Gasteiger charge is 2.25. The summed E-state index contributed by atoms with van der Waals surface area (Å²) in [4.78, 5) is 13.7. The zero-order chi connectivity index (χ0) is 24.9. The van der Waals surface area contributed by atoms with Gasteiger partial charge in [-0.15, -0.1) is 23.2 Å². The summed E-state index contributed by atoms with van der Waals surface area (Å²) in [6.45, 7) is 3.60. The lowest BCUT2D eigenvalue weighted by Crippen LogP contribution is -2.42. The Hall–Kier alpha value is -1.88.